The first kappa shape index (κ1) is 17.2. The van der Waals surface area contributed by atoms with E-state index in [2.05, 4.69) is 29.2 Å². The van der Waals surface area contributed by atoms with Crippen LogP contribution >= 0.6 is 11.3 Å². The number of aromatic nitrogens is 3. The van der Waals surface area contributed by atoms with Crippen molar-refractivity contribution in [3.8, 4) is 5.75 Å². The van der Waals surface area contributed by atoms with Crippen molar-refractivity contribution in [3.63, 3.8) is 0 Å². The lowest BCUT2D eigenvalue weighted by Gasteiger charge is -2.11. The van der Waals surface area contributed by atoms with Gasteiger partial charge in [-0.15, -0.1) is 11.3 Å². The molecule has 2 aromatic heterocycles. The van der Waals surface area contributed by atoms with Gasteiger partial charge < -0.3 is 10.1 Å². The summed E-state index contributed by atoms with van der Waals surface area (Å²) in [6, 6.07) is 8.91. The largest absolute Gasteiger partial charge is 0.487 e. The number of nitrogens with zero attached hydrogens (tertiary/aromatic N) is 3. The van der Waals surface area contributed by atoms with E-state index in [1.54, 1.807) is 40.7 Å². The summed E-state index contributed by atoms with van der Waals surface area (Å²) in [5.74, 6) is 1.58. The van der Waals surface area contributed by atoms with E-state index >= 15 is 0 Å². The van der Waals surface area contributed by atoms with Crippen molar-refractivity contribution in [2.45, 2.75) is 27.0 Å². The number of benzene rings is 1. The second-order valence-electron chi connectivity index (χ2n) is 6.04. The monoisotopic (exact) mass is 356 g/mol. The predicted molar refractivity (Wildman–Crippen MR) is 97.9 cm³/mol. The van der Waals surface area contributed by atoms with Crippen molar-refractivity contribution in [2.24, 2.45) is 5.92 Å². The zero-order chi connectivity index (χ0) is 17.6. The van der Waals surface area contributed by atoms with Gasteiger partial charge in [0.15, 0.2) is 0 Å². The van der Waals surface area contributed by atoms with Gasteiger partial charge in [0.25, 0.3) is 5.91 Å². The van der Waals surface area contributed by atoms with Crippen LogP contribution in [-0.4, -0.2) is 20.7 Å². The lowest BCUT2D eigenvalue weighted by atomic mass is 10.2. The van der Waals surface area contributed by atoms with Crippen LogP contribution in [0.5, 0.6) is 5.75 Å². The zero-order valence-electron chi connectivity index (χ0n) is 14.2. The SMILES string of the molecule is CC(C)Cn1nccc1NC(=O)c1cccc(OCc2cscn2)c1. The minimum Gasteiger partial charge on any atom is -0.487 e. The third-order valence-corrected chi connectivity index (χ3v) is 4.10. The number of carbonyl (C=O) groups excluding carboxylic acids is 1. The van der Waals surface area contributed by atoms with Crippen LogP contribution in [0.2, 0.25) is 0 Å². The van der Waals surface area contributed by atoms with Gasteiger partial charge in [0, 0.05) is 23.6 Å². The van der Waals surface area contributed by atoms with Gasteiger partial charge >= 0.3 is 0 Å². The summed E-state index contributed by atoms with van der Waals surface area (Å²) in [6.07, 6.45) is 1.69. The molecule has 0 saturated carbocycles. The van der Waals surface area contributed by atoms with Crippen molar-refractivity contribution in [1.82, 2.24) is 14.8 Å². The van der Waals surface area contributed by atoms with Crippen LogP contribution in [0.4, 0.5) is 5.82 Å². The van der Waals surface area contributed by atoms with E-state index in [-0.39, 0.29) is 5.91 Å². The standard InChI is InChI=1S/C18H20N4O2S/c1-13(2)9-22-17(6-7-20-22)21-18(23)14-4-3-5-16(8-14)24-10-15-11-25-12-19-15/h3-8,11-13H,9-10H2,1-2H3,(H,21,23). The molecule has 0 atom stereocenters. The van der Waals surface area contributed by atoms with Crippen molar-refractivity contribution in [2.75, 3.05) is 5.32 Å². The quantitative estimate of drug-likeness (QED) is 0.698. The van der Waals surface area contributed by atoms with Crippen molar-refractivity contribution < 1.29 is 9.53 Å². The lowest BCUT2D eigenvalue weighted by molar-refractivity contribution is 0.102. The number of hydrogen-bond acceptors (Lipinski definition) is 5. The summed E-state index contributed by atoms with van der Waals surface area (Å²) in [7, 11) is 0. The third-order valence-electron chi connectivity index (χ3n) is 3.46. The maximum absolute atomic E-state index is 12.5. The Kier molecular flexibility index (Phi) is 5.45. The van der Waals surface area contributed by atoms with E-state index in [0.29, 0.717) is 29.7 Å². The molecular weight excluding hydrogens is 336 g/mol. The highest BCUT2D eigenvalue weighted by atomic mass is 32.1. The van der Waals surface area contributed by atoms with Gasteiger partial charge in [0.05, 0.1) is 17.4 Å². The maximum Gasteiger partial charge on any atom is 0.256 e. The molecule has 2 heterocycles. The molecule has 0 bridgehead atoms. The fraction of sp³-hybridized carbons (Fsp3) is 0.278. The summed E-state index contributed by atoms with van der Waals surface area (Å²) >= 11 is 1.53. The summed E-state index contributed by atoms with van der Waals surface area (Å²) in [6.45, 7) is 5.35. The van der Waals surface area contributed by atoms with E-state index in [0.717, 1.165) is 12.2 Å². The topological polar surface area (TPSA) is 69.0 Å². The number of hydrogen-bond donors (Lipinski definition) is 1. The Labute approximate surface area is 150 Å². The third kappa shape index (κ3) is 4.67. The average Bonchev–Trinajstić information content (AvgIpc) is 3.25. The molecule has 1 amide bonds. The van der Waals surface area contributed by atoms with Crippen LogP contribution in [0, 0.1) is 5.92 Å². The van der Waals surface area contributed by atoms with E-state index in [1.807, 2.05) is 11.4 Å². The molecule has 1 N–H and O–H groups in total. The van der Waals surface area contributed by atoms with E-state index in [4.69, 9.17) is 4.74 Å². The molecule has 0 aliphatic rings. The van der Waals surface area contributed by atoms with Crippen LogP contribution in [0.3, 0.4) is 0 Å². The van der Waals surface area contributed by atoms with Crippen LogP contribution in [0.15, 0.2) is 47.4 Å². The Morgan fingerprint density at radius 2 is 2.24 bits per heavy atom. The number of rotatable bonds is 7. The molecule has 0 radical (unpaired) electrons. The van der Waals surface area contributed by atoms with Gasteiger partial charge in [0.1, 0.15) is 18.2 Å². The Bertz CT molecular complexity index is 827. The fourth-order valence-corrected chi connectivity index (χ4v) is 2.85. The minimum atomic E-state index is -0.190. The fourth-order valence-electron chi connectivity index (χ4n) is 2.31. The Morgan fingerprint density at radius 3 is 3.00 bits per heavy atom. The van der Waals surface area contributed by atoms with Gasteiger partial charge in [-0.05, 0) is 24.1 Å². The summed E-state index contributed by atoms with van der Waals surface area (Å²) in [5, 5.41) is 9.09. The molecule has 0 saturated heterocycles. The molecule has 3 rings (SSSR count). The Balaban J connectivity index is 1.66. The van der Waals surface area contributed by atoms with Gasteiger partial charge in [-0.1, -0.05) is 19.9 Å². The lowest BCUT2D eigenvalue weighted by Crippen LogP contribution is -2.17. The van der Waals surface area contributed by atoms with Crippen molar-refractivity contribution >= 4 is 23.1 Å². The Hall–Kier alpha value is -2.67. The molecule has 3 aromatic rings. The highest BCUT2D eigenvalue weighted by molar-refractivity contribution is 7.07. The molecular formula is C18H20N4O2S. The molecule has 0 unspecified atom stereocenters. The summed E-state index contributed by atoms with van der Waals surface area (Å²) < 4.78 is 7.50. The van der Waals surface area contributed by atoms with Crippen molar-refractivity contribution in [1.29, 1.82) is 0 Å². The second kappa shape index (κ2) is 7.94. The number of thiazole rings is 1. The smallest absolute Gasteiger partial charge is 0.256 e. The van der Waals surface area contributed by atoms with Gasteiger partial charge in [-0.3, -0.25) is 4.79 Å². The zero-order valence-corrected chi connectivity index (χ0v) is 15.0. The molecule has 7 heteroatoms. The highest BCUT2D eigenvalue weighted by Crippen LogP contribution is 2.17. The van der Waals surface area contributed by atoms with Gasteiger partial charge in [-0.2, -0.15) is 5.10 Å². The number of carbonyl (C=O) groups is 1. The molecule has 25 heavy (non-hydrogen) atoms. The summed E-state index contributed by atoms with van der Waals surface area (Å²) in [4.78, 5) is 16.7. The average molecular weight is 356 g/mol. The predicted octanol–water partition coefficient (Wildman–Crippen LogP) is 3.83. The first-order valence-corrected chi connectivity index (χ1v) is 8.99. The molecule has 0 aliphatic heterocycles. The molecule has 0 fully saturated rings. The molecule has 0 spiro atoms. The number of ether oxygens (including phenoxy) is 1. The van der Waals surface area contributed by atoms with Crippen LogP contribution in [0.1, 0.15) is 29.9 Å². The van der Waals surface area contributed by atoms with Gasteiger partial charge in [0.2, 0.25) is 0 Å². The van der Waals surface area contributed by atoms with Crippen LogP contribution in [0.25, 0.3) is 0 Å². The van der Waals surface area contributed by atoms with Crippen LogP contribution < -0.4 is 10.1 Å². The minimum absolute atomic E-state index is 0.190. The number of nitrogens with one attached hydrogen (secondary N) is 1. The molecule has 6 nitrogen and oxygen atoms in total. The van der Waals surface area contributed by atoms with E-state index in [1.165, 1.54) is 11.3 Å². The molecule has 130 valence electrons. The van der Waals surface area contributed by atoms with E-state index < -0.39 is 0 Å². The van der Waals surface area contributed by atoms with Gasteiger partial charge in [-0.25, -0.2) is 9.67 Å². The van der Waals surface area contributed by atoms with Crippen LogP contribution in [-0.2, 0) is 13.2 Å². The van der Waals surface area contributed by atoms with Crippen molar-refractivity contribution in [3.05, 3.63) is 58.7 Å². The first-order valence-electron chi connectivity index (χ1n) is 8.05. The summed E-state index contributed by atoms with van der Waals surface area (Å²) in [5.41, 5.74) is 3.17. The number of amides is 1. The molecule has 1 aromatic carbocycles. The normalized spacial score (nSPS) is 10.8. The Morgan fingerprint density at radius 1 is 1.36 bits per heavy atom. The first-order chi connectivity index (χ1) is 12.1. The molecule has 0 aliphatic carbocycles. The highest BCUT2D eigenvalue weighted by Gasteiger charge is 2.11. The maximum atomic E-state index is 12.5. The number of anilines is 1. The van der Waals surface area contributed by atoms with E-state index in [9.17, 15) is 4.79 Å². The second-order valence-corrected chi connectivity index (χ2v) is 6.76.